The van der Waals surface area contributed by atoms with Crippen molar-refractivity contribution in [3.8, 4) is 5.75 Å². The third-order valence-corrected chi connectivity index (χ3v) is 3.42. The van der Waals surface area contributed by atoms with Gasteiger partial charge in [-0.15, -0.1) is 0 Å². The van der Waals surface area contributed by atoms with Gasteiger partial charge in [-0.1, -0.05) is 37.3 Å². The Morgan fingerprint density at radius 3 is 2.52 bits per heavy atom. The topological polar surface area (TPSA) is 64.3 Å². The van der Waals surface area contributed by atoms with Crippen LogP contribution in [0.15, 0.2) is 48.5 Å². The lowest BCUT2D eigenvalue weighted by Gasteiger charge is -2.18. The molecule has 0 heterocycles. The summed E-state index contributed by atoms with van der Waals surface area (Å²) in [5, 5.41) is 3.02. The predicted molar refractivity (Wildman–Crippen MR) is 84.3 cm³/mol. The Morgan fingerprint density at radius 1 is 1.24 bits per heavy atom. The van der Waals surface area contributed by atoms with E-state index in [9.17, 15) is 4.79 Å². The van der Waals surface area contributed by atoms with Gasteiger partial charge >= 0.3 is 0 Å². The second-order valence-corrected chi connectivity index (χ2v) is 4.80. The lowest BCUT2D eigenvalue weighted by molar-refractivity contribution is 0.0936. The average molecular weight is 284 g/mol. The van der Waals surface area contributed by atoms with Crippen LogP contribution in [-0.4, -0.2) is 13.0 Å². The van der Waals surface area contributed by atoms with Gasteiger partial charge in [-0.05, 0) is 24.1 Å². The molecule has 1 amide bonds. The molecule has 1 atom stereocenters. The van der Waals surface area contributed by atoms with E-state index in [0.29, 0.717) is 17.0 Å². The second-order valence-electron chi connectivity index (χ2n) is 4.80. The van der Waals surface area contributed by atoms with E-state index < -0.39 is 0 Å². The number of methoxy groups -OCH3 is 1. The van der Waals surface area contributed by atoms with Crippen LogP contribution in [0.5, 0.6) is 5.75 Å². The number of benzene rings is 2. The maximum Gasteiger partial charge on any atom is 0.253 e. The summed E-state index contributed by atoms with van der Waals surface area (Å²) < 4.78 is 5.09. The van der Waals surface area contributed by atoms with E-state index in [0.717, 1.165) is 12.0 Å². The minimum atomic E-state index is -0.175. The molecule has 0 saturated carbocycles. The number of nitrogens with two attached hydrogens (primary N) is 1. The summed E-state index contributed by atoms with van der Waals surface area (Å²) in [5.41, 5.74) is 7.87. The molecule has 0 saturated heterocycles. The molecule has 0 radical (unpaired) electrons. The zero-order valence-electron chi connectivity index (χ0n) is 12.3. The number of carbonyl (C=O) groups excluding carboxylic acids is 1. The number of carbonyl (C=O) groups is 1. The Kier molecular flexibility index (Phi) is 4.82. The SMILES string of the molecule is CCC(NC(=O)c1ccc(OC)cc1N)c1ccccc1. The molecule has 2 aromatic carbocycles. The van der Waals surface area contributed by atoms with Crippen LogP contribution in [0.25, 0.3) is 0 Å². The highest BCUT2D eigenvalue weighted by molar-refractivity contribution is 5.99. The lowest BCUT2D eigenvalue weighted by Crippen LogP contribution is -2.28. The summed E-state index contributed by atoms with van der Waals surface area (Å²) in [6, 6.07) is 14.9. The van der Waals surface area contributed by atoms with E-state index >= 15 is 0 Å². The number of rotatable bonds is 5. The maximum absolute atomic E-state index is 12.4. The summed E-state index contributed by atoms with van der Waals surface area (Å²) in [5.74, 6) is 0.463. The van der Waals surface area contributed by atoms with Crippen molar-refractivity contribution in [3.05, 3.63) is 59.7 Å². The molecule has 4 heteroatoms. The smallest absolute Gasteiger partial charge is 0.253 e. The minimum absolute atomic E-state index is 0.0276. The standard InChI is InChI=1S/C17H20N2O2/c1-3-16(12-7-5-4-6-8-12)19-17(20)14-10-9-13(21-2)11-15(14)18/h4-11,16H,3,18H2,1-2H3,(H,19,20). The van der Waals surface area contributed by atoms with Crippen molar-refractivity contribution in [3.63, 3.8) is 0 Å². The van der Waals surface area contributed by atoms with Gasteiger partial charge in [-0.2, -0.15) is 0 Å². The zero-order valence-corrected chi connectivity index (χ0v) is 12.3. The predicted octanol–water partition coefficient (Wildman–Crippen LogP) is 3.16. The van der Waals surface area contributed by atoms with E-state index in [1.54, 1.807) is 25.3 Å². The van der Waals surface area contributed by atoms with Gasteiger partial charge in [0, 0.05) is 11.8 Å². The summed E-state index contributed by atoms with van der Waals surface area (Å²) in [7, 11) is 1.57. The fraction of sp³-hybridized carbons (Fsp3) is 0.235. The van der Waals surface area contributed by atoms with Crippen molar-refractivity contribution in [1.82, 2.24) is 5.32 Å². The Hall–Kier alpha value is -2.49. The van der Waals surface area contributed by atoms with Crippen LogP contribution in [0.1, 0.15) is 35.3 Å². The monoisotopic (exact) mass is 284 g/mol. The molecule has 110 valence electrons. The molecule has 0 spiro atoms. The Balaban J connectivity index is 2.17. The molecular weight excluding hydrogens is 264 g/mol. The minimum Gasteiger partial charge on any atom is -0.497 e. The van der Waals surface area contributed by atoms with Gasteiger partial charge in [0.25, 0.3) is 5.91 Å². The molecule has 2 rings (SSSR count). The third-order valence-electron chi connectivity index (χ3n) is 3.42. The van der Waals surface area contributed by atoms with Gasteiger partial charge in [-0.25, -0.2) is 0 Å². The first-order chi connectivity index (χ1) is 10.2. The molecule has 0 aliphatic rings. The number of amides is 1. The van der Waals surface area contributed by atoms with E-state index in [-0.39, 0.29) is 11.9 Å². The van der Waals surface area contributed by atoms with E-state index in [1.165, 1.54) is 0 Å². The molecule has 1 unspecified atom stereocenters. The molecular formula is C17H20N2O2. The third kappa shape index (κ3) is 3.54. The molecule has 0 bridgehead atoms. The van der Waals surface area contributed by atoms with Crippen LogP contribution < -0.4 is 15.8 Å². The molecule has 0 aromatic heterocycles. The van der Waals surface area contributed by atoms with Gasteiger partial charge in [0.15, 0.2) is 0 Å². The molecule has 2 aromatic rings. The summed E-state index contributed by atoms with van der Waals surface area (Å²) in [4.78, 5) is 12.4. The van der Waals surface area contributed by atoms with Crippen molar-refractivity contribution < 1.29 is 9.53 Å². The molecule has 4 nitrogen and oxygen atoms in total. The van der Waals surface area contributed by atoms with E-state index in [4.69, 9.17) is 10.5 Å². The van der Waals surface area contributed by atoms with Crippen LogP contribution >= 0.6 is 0 Å². The van der Waals surface area contributed by atoms with Crippen LogP contribution in [0.2, 0.25) is 0 Å². The molecule has 0 aliphatic heterocycles. The fourth-order valence-corrected chi connectivity index (χ4v) is 2.22. The first kappa shape index (κ1) is 14.9. The van der Waals surface area contributed by atoms with Crippen LogP contribution in [-0.2, 0) is 0 Å². The molecule has 0 fully saturated rings. The van der Waals surface area contributed by atoms with Gasteiger partial charge in [0.1, 0.15) is 5.75 Å². The van der Waals surface area contributed by atoms with Crippen molar-refractivity contribution in [1.29, 1.82) is 0 Å². The normalized spacial score (nSPS) is 11.7. The fourth-order valence-electron chi connectivity index (χ4n) is 2.22. The molecule has 21 heavy (non-hydrogen) atoms. The van der Waals surface area contributed by atoms with Crippen molar-refractivity contribution >= 4 is 11.6 Å². The van der Waals surface area contributed by atoms with Crippen molar-refractivity contribution in [2.45, 2.75) is 19.4 Å². The Morgan fingerprint density at radius 2 is 1.95 bits per heavy atom. The zero-order chi connectivity index (χ0) is 15.2. The van der Waals surface area contributed by atoms with Gasteiger partial charge in [0.2, 0.25) is 0 Å². The summed E-state index contributed by atoms with van der Waals surface area (Å²) >= 11 is 0. The van der Waals surface area contributed by atoms with Crippen LogP contribution in [0.4, 0.5) is 5.69 Å². The van der Waals surface area contributed by atoms with Crippen LogP contribution in [0, 0.1) is 0 Å². The van der Waals surface area contributed by atoms with Crippen LogP contribution in [0.3, 0.4) is 0 Å². The number of hydrogen-bond acceptors (Lipinski definition) is 3. The number of ether oxygens (including phenoxy) is 1. The number of nitrogen functional groups attached to an aromatic ring is 1. The quantitative estimate of drug-likeness (QED) is 0.829. The number of anilines is 1. The van der Waals surface area contributed by atoms with E-state index in [1.807, 2.05) is 37.3 Å². The Bertz CT molecular complexity index is 611. The number of hydrogen-bond donors (Lipinski definition) is 2. The van der Waals surface area contributed by atoms with Gasteiger partial charge in [0.05, 0.1) is 18.7 Å². The average Bonchev–Trinajstić information content (AvgIpc) is 2.53. The van der Waals surface area contributed by atoms with Gasteiger partial charge < -0.3 is 15.8 Å². The highest BCUT2D eigenvalue weighted by atomic mass is 16.5. The lowest BCUT2D eigenvalue weighted by atomic mass is 10.0. The highest BCUT2D eigenvalue weighted by Gasteiger charge is 2.16. The first-order valence-electron chi connectivity index (χ1n) is 6.95. The highest BCUT2D eigenvalue weighted by Crippen LogP contribution is 2.22. The number of nitrogens with one attached hydrogen (secondary N) is 1. The maximum atomic E-state index is 12.4. The summed E-state index contributed by atoms with van der Waals surface area (Å²) in [6.07, 6.45) is 0.811. The Labute approximate surface area is 124 Å². The summed E-state index contributed by atoms with van der Waals surface area (Å²) in [6.45, 7) is 2.04. The second kappa shape index (κ2) is 6.79. The van der Waals surface area contributed by atoms with Crippen molar-refractivity contribution in [2.24, 2.45) is 0 Å². The van der Waals surface area contributed by atoms with E-state index in [2.05, 4.69) is 5.32 Å². The molecule has 3 N–H and O–H groups in total. The largest absolute Gasteiger partial charge is 0.497 e. The van der Waals surface area contributed by atoms with Crippen molar-refractivity contribution in [2.75, 3.05) is 12.8 Å². The van der Waals surface area contributed by atoms with Gasteiger partial charge in [-0.3, -0.25) is 4.79 Å². The molecule has 0 aliphatic carbocycles. The first-order valence-corrected chi connectivity index (χ1v) is 6.95.